The van der Waals surface area contributed by atoms with Crippen molar-refractivity contribution in [3.05, 3.63) is 59.7 Å². The first kappa shape index (κ1) is 22.7. The number of likely N-dealkylation sites (tertiary alicyclic amines) is 1. The Bertz CT molecular complexity index is 876. The Morgan fingerprint density at radius 1 is 1.00 bits per heavy atom. The standard InChI is InChI=1S/C25H32N2O4/c1-4-14-27(24(28)18-19-10-11-22(30-2)23(17-19)31-3)21-12-15-26(16-13-21)25(29)20-8-6-5-7-9-20/h5-11,17,21H,4,12-16,18H2,1-3H3. The first-order valence-electron chi connectivity index (χ1n) is 10.9. The predicted octanol–water partition coefficient (Wildman–Crippen LogP) is 3.79. The Hall–Kier alpha value is -3.02. The molecule has 1 saturated heterocycles. The zero-order chi connectivity index (χ0) is 22.2. The minimum atomic E-state index is 0.0674. The Kier molecular flexibility index (Phi) is 7.93. The number of methoxy groups -OCH3 is 2. The molecule has 1 aliphatic rings. The number of carbonyl (C=O) groups is 2. The summed E-state index contributed by atoms with van der Waals surface area (Å²) in [5, 5.41) is 0. The van der Waals surface area contributed by atoms with Crippen LogP contribution in [0, 0.1) is 0 Å². The molecule has 0 aliphatic carbocycles. The van der Waals surface area contributed by atoms with Crippen LogP contribution in [0.3, 0.4) is 0 Å². The number of amides is 2. The van der Waals surface area contributed by atoms with E-state index in [2.05, 4.69) is 6.92 Å². The van der Waals surface area contributed by atoms with Gasteiger partial charge in [0.2, 0.25) is 5.91 Å². The van der Waals surface area contributed by atoms with E-state index >= 15 is 0 Å². The highest BCUT2D eigenvalue weighted by Gasteiger charge is 2.29. The van der Waals surface area contributed by atoms with Gasteiger partial charge in [0.15, 0.2) is 11.5 Å². The van der Waals surface area contributed by atoms with Crippen LogP contribution >= 0.6 is 0 Å². The fourth-order valence-corrected chi connectivity index (χ4v) is 4.16. The maximum atomic E-state index is 13.2. The second-order valence-electron chi connectivity index (χ2n) is 7.84. The number of carbonyl (C=O) groups excluding carboxylic acids is 2. The van der Waals surface area contributed by atoms with Crippen LogP contribution < -0.4 is 9.47 Å². The molecule has 6 heteroatoms. The predicted molar refractivity (Wildman–Crippen MR) is 121 cm³/mol. The lowest BCUT2D eigenvalue weighted by molar-refractivity contribution is -0.133. The average molecular weight is 425 g/mol. The van der Waals surface area contributed by atoms with Gasteiger partial charge in [0.05, 0.1) is 20.6 Å². The maximum Gasteiger partial charge on any atom is 0.253 e. The van der Waals surface area contributed by atoms with Crippen LogP contribution in [-0.4, -0.2) is 61.5 Å². The van der Waals surface area contributed by atoms with Crippen LogP contribution in [0.5, 0.6) is 11.5 Å². The van der Waals surface area contributed by atoms with Crippen LogP contribution in [0.4, 0.5) is 0 Å². The van der Waals surface area contributed by atoms with Crippen LogP contribution in [0.15, 0.2) is 48.5 Å². The molecule has 1 fully saturated rings. The summed E-state index contributed by atoms with van der Waals surface area (Å²) in [5.74, 6) is 1.46. The largest absolute Gasteiger partial charge is 0.493 e. The Morgan fingerprint density at radius 2 is 1.68 bits per heavy atom. The minimum absolute atomic E-state index is 0.0674. The summed E-state index contributed by atoms with van der Waals surface area (Å²) in [5.41, 5.74) is 1.62. The summed E-state index contributed by atoms with van der Waals surface area (Å²) in [6.45, 7) is 4.15. The number of piperidine rings is 1. The molecular weight excluding hydrogens is 392 g/mol. The molecule has 0 spiro atoms. The summed E-state index contributed by atoms with van der Waals surface area (Å²) in [6.07, 6.45) is 2.83. The minimum Gasteiger partial charge on any atom is -0.493 e. The van der Waals surface area contributed by atoms with Crippen molar-refractivity contribution in [2.24, 2.45) is 0 Å². The van der Waals surface area contributed by atoms with E-state index in [4.69, 9.17) is 9.47 Å². The van der Waals surface area contributed by atoms with Crippen LogP contribution in [-0.2, 0) is 11.2 Å². The van der Waals surface area contributed by atoms with E-state index in [9.17, 15) is 9.59 Å². The number of rotatable bonds is 8. The first-order valence-corrected chi connectivity index (χ1v) is 10.9. The Morgan fingerprint density at radius 3 is 2.29 bits per heavy atom. The molecule has 2 amide bonds. The Balaban J connectivity index is 1.63. The lowest BCUT2D eigenvalue weighted by Gasteiger charge is -2.38. The number of nitrogens with zero attached hydrogens (tertiary/aromatic N) is 2. The lowest BCUT2D eigenvalue weighted by Crippen LogP contribution is -2.49. The lowest BCUT2D eigenvalue weighted by atomic mass is 10.0. The van der Waals surface area contributed by atoms with Gasteiger partial charge in [-0.25, -0.2) is 0 Å². The quantitative estimate of drug-likeness (QED) is 0.647. The van der Waals surface area contributed by atoms with Crippen molar-refractivity contribution in [1.29, 1.82) is 0 Å². The summed E-state index contributed by atoms with van der Waals surface area (Å²) in [7, 11) is 3.19. The van der Waals surface area contributed by atoms with Crippen molar-refractivity contribution in [1.82, 2.24) is 9.80 Å². The van der Waals surface area contributed by atoms with Crippen LogP contribution in [0.25, 0.3) is 0 Å². The normalized spacial score (nSPS) is 14.2. The van der Waals surface area contributed by atoms with Gasteiger partial charge in [0, 0.05) is 31.2 Å². The van der Waals surface area contributed by atoms with E-state index < -0.39 is 0 Å². The fourth-order valence-electron chi connectivity index (χ4n) is 4.16. The molecule has 0 N–H and O–H groups in total. The fraction of sp³-hybridized carbons (Fsp3) is 0.440. The second-order valence-corrected chi connectivity index (χ2v) is 7.84. The number of hydrogen-bond donors (Lipinski definition) is 0. The van der Waals surface area contributed by atoms with E-state index in [1.165, 1.54) is 0 Å². The topological polar surface area (TPSA) is 59.1 Å². The first-order chi connectivity index (χ1) is 15.1. The average Bonchev–Trinajstić information content (AvgIpc) is 2.82. The molecule has 166 valence electrons. The molecule has 1 aliphatic heterocycles. The third kappa shape index (κ3) is 5.57. The van der Waals surface area contributed by atoms with Crippen molar-refractivity contribution in [2.75, 3.05) is 33.9 Å². The Labute approximate surface area is 184 Å². The molecule has 0 saturated carbocycles. The van der Waals surface area contributed by atoms with E-state index in [0.29, 0.717) is 31.0 Å². The molecule has 2 aromatic carbocycles. The molecule has 6 nitrogen and oxygen atoms in total. The van der Waals surface area contributed by atoms with Crippen molar-refractivity contribution < 1.29 is 19.1 Å². The summed E-state index contributed by atoms with van der Waals surface area (Å²) in [4.78, 5) is 29.8. The van der Waals surface area contributed by atoms with Crippen molar-refractivity contribution >= 4 is 11.8 Å². The van der Waals surface area contributed by atoms with Crippen molar-refractivity contribution in [2.45, 2.75) is 38.6 Å². The molecular formula is C25H32N2O4. The van der Waals surface area contributed by atoms with Gasteiger partial charge in [0.25, 0.3) is 5.91 Å². The molecule has 0 atom stereocenters. The highest BCUT2D eigenvalue weighted by molar-refractivity contribution is 5.94. The van der Waals surface area contributed by atoms with Crippen molar-refractivity contribution in [3.8, 4) is 11.5 Å². The van der Waals surface area contributed by atoms with Crippen LogP contribution in [0.2, 0.25) is 0 Å². The molecule has 1 heterocycles. The van der Waals surface area contributed by atoms with Gasteiger partial charge in [-0.3, -0.25) is 9.59 Å². The van der Waals surface area contributed by atoms with Crippen LogP contribution in [0.1, 0.15) is 42.1 Å². The molecule has 31 heavy (non-hydrogen) atoms. The zero-order valence-corrected chi connectivity index (χ0v) is 18.7. The molecule has 2 aromatic rings. The van der Waals surface area contributed by atoms with Gasteiger partial charge < -0.3 is 19.3 Å². The number of ether oxygens (including phenoxy) is 2. The highest BCUT2D eigenvalue weighted by atomic mass is 16.5. The maximum absolute atomic E-state index is 13.2. The molecule has 0 bridgehead atoms. The van der Waals surface area contributed by atoms with E-state index in [1.807, 2.05) is 58.3 Å². The van der Waals surface area contributed by atoms with E-state index in [-0.39, 0.29) is 17.9 Å². The second kappa shape index (κ2) is 10.8. The van der Waals surface area contributed by atoms with E-state index in [0.717, 1.165) is 36.9 Å². The molecule has 0 radical (unpaired) electrons. The number of benzene rings is 2. The van der Waals surface area contributed by atoms with Gasteiger partial charge in [-0.1, -0.05) is 31.2 Å². The van der Waals surface area contributed by atoms with E-state index in [1.54, 1.807) is 14.2 Å². The van der Waals surface area contributed by atoms with Gasteiger partial charge in [0.1, 0.15) is 0 Å². The molecule has 0 aromatic heterocycles. The third-order valence-electron chi connectivity index (χ3n) is 5.80. The summed E-state index contributed by atoms with van der Waals surface area (Å²) < 4.78 is 10.7. The zero-order valence-electron chi connectivity index (χ0n) is 18.7. The summed E-state index contributed by atoms with van der Waals surface area (Å²) in [6, 6.07) is 15.1. The van der Waals surface area contributed by atoms with Gasteiger partial charge in [-0.2, -0.15) is 0 Å². The van der Waals surface area contributed by atoms with Gasteiger partial charge >= 0.3 is 0 Å². The number of hydrogen-bond acceptors (Lipinski definition) is 4. The smallest absolute Gasteiger partial charge is 0.253 e. The summed E-state index contributed by atoms with van der Waals surface area (Å²) >= 11 is 0. The highest BCUT2D eigenvalue weighted by Crippen LogP contribution is 2.28. The third-order valence-corrected chi connectivity index (χ3v) is 5.80. The van der Waals surface area contributed by atoms with Gasteiger partial charge in [-0.05, 0) is 49.1 Å². The monoisotopic (exact) mass is 424 g/mol. The van der Waals surface area contributed by atoms with Gasteiger partial charge in [-0.15, -0.1) is 0 Å². The molecule has 3 rings (SSSR count). The molecule has 0 unspecified atom stereocenters. The van der Waals surface area contributed by atoms with Crippen molar-refractivity contribution in [3.63, 3.8) is 0 Å². The SMILES string of the molecule is CCCN(C(=O)Cc1ccc(OC)c(OC)c1)C1CCN(C(=O)c2ccccc2)CC1.